The lowest BCUT2D eigenvalue weighted by Crippen LogP contribution is -2.21. The topological polar surface area (TPSA) is 79.5 Å². The standard InChI is InChI=1S/C14H17N3O3/c1-18-12-8-16-13(14(17-12)19-2)11(15)9-20-10-6-4-3-5-7-10/h3-8,11H,9,15H2,1-2H3. The second-order valence-corrected chi connectivity index (χ2v) is 4.04. The van der Waals surface area contributed by atoms with Gasteiger partial charge in [0.2, 0.25) is 11.8 Å². The van der Waals surface area contributed by atoms with Crippen LogP contribution in [-0.4, -0.2) is 30.8 Å². The Morgan fingerprint density at radius 3 is 2.55 bits per heavy atom. The zero-order valence-corrected chi connectivity index (χ0v) is 11.4. The van der Waals surface area contributed by atoms with Crippen molar-refractivity contribution < 1.29 is 14.2 Å². The summed E-state index contributed by atoms with van der Waals surface area (Å²) in [7, 11) is 3.03. The summed E-state index contributed by atoms with van der Waals surface area (Å²) >= 11 is 0. The summed E-state index contributed by atoms with van der Waals surface area (Å²) < 4.78 is 15.8. The fraction of sp³-hybridized carbons (Fsp3) is 0.286. The molecule has 2 N–H and O–H groups in total. The molecule has 0 aliphatic rings. The number of aromatic nitrogens is 2. The first-order chi connectivity index (χ1) is 9.74. The van der Waals surface area contributed by atoms with Crippen molar-refractivity contribution in [3.05, 3.63) is 42.2 Å². The Balaban J connectivity index is 2.07. The average Bonchev–Trinajstić information content (AvgIpc) is 2.52. The second-order valence-electron chi connectivity index (χ2n) is 4.04. The molecule has 2 rings (SSSR count). The molecule has 0 saturated carbocycles. The van der Waals surface area contributed by atoms with Gasteiger partial charge in [0.25, 0.3) is 0 Å². The van der Waals surface area contributed by atoms with Gasteiger partial charge in [-0.1, -0.05) is 18.2 Å². The van der Waals surface area contributed by atoms with Crippen LogP contribution in [0.1, 0.15) is 11.7 Å². The minimum atomic E-state index is -0.441. The fourth-order valence-electron chi connectivity index (χ4n) is 1.65. The molecule has 0 aliphatic heterocycles. The van der Waals surface area contributed by atoms with E-state index < -0.39 is 6.04 Å². The van der Waals surface area contributed by atoms with Crippen LogP contribution in [-0.2, 0) is 0 Å². The Bertz CT molecular complexity index is 549. The number of para-hydroxylation sites is 1. The SMILES string of the molecule is COc1cnc(C(N)COc2ccccc2)c(OC)n1. The molecule has 6 nitrogen and oxygen atoms in total. The van der Waals surface area contributed by atoms with Gasteiger partial charge in [0.05, 0.1) is 26.5 Å². The Morgan fingerprint density at radius 1 is 1.15 bits per heavy atom. The number of rotatable bonds is 6. The maximum absolute atomic E-state index is 6.06. The van der Waals surface area contributed by atoms with E-state index in [1.807, 2.05) is 30.3 Å². The van der Waals surface area contributed by atoms with E-state index in [9.17, 15) is 0 Å². The summed E-state index contributed by atoms with van der Waals surface area (Å²) in [5.74, 6) is 1.47. The Kier molecular flexibility index (Phi) is 4.73. The number of ether oxygens (including phenoxy) is 3. The average molecular weight is 275 g/mol. The van der Waals surface area contributed by atoms with Gasteiger partial charge in [-0.2, -0.15) is 4.98 Å². The summed E-state index contributed by atoms with van der Waals surface area (Å²) in [5.41, 5.74) is 6.59. The molecule has 0 spiro atoms. The van der Waals surface area contributed by atoms with E-state index in [2.05, 4.69) is 9.97 Å². The molecule has 1 aromatic carbocycles. The second kappa shape index (κ2) is 6.72. The normalized spacial score (nSPS) is 11.8. The van der Waals surface area contributed by atoms with Crippen molar-refractivity contribution in [1.82, 2.24) is 9.97 Å². The molecule has 106 valence electrons. The van der Waals surface area contributed by atoms with Crippen LogP contribution in [0, 0.1) is 0 Å². The third-order valence-corrected chi connectivity index (χ3v) is 2.67. The fourth-order valence-corrected chi connectivity index (χ4v) is 1.65. The molecule has 0 amide bonds. The van der Waals surface area contributed by atoms with Crippen LogP contribution in [0.5, 0.6) is 17.5 Å². The third kappa shape index (κ3) is 3.36. The highest BCUT2D eigenvalue weighted by Crippen LogP contribution is 2.22. The zero-order valence-electron chi connectivity index (χ0n) is 11.4. The molecule has 1 aromatic heterocycles. The molecule has 1 unspecified atom stereocenters. The highest BCUT2D eigenvalue weighted by Gasteiger charge is 2.17. The molecule has 0 saturated heterocycles. The van der Waals surface area contributed by atoms with Crippen LogP contribution >= 0.6 is 0 Å². The lowest BCUT2D eigenvalue weighted by molar-refractivity contribution is 0.280. The van der Waals surface area contributed by atoms with Crippen LogP contribution in [0.4, 0.5) is 0 Å². The molecule has 6 heteroatoms. The van der Waals surface area contributed by atoms with Gasteiger partial charge in [0.1, 0.15) is 18.1 Å². The predicted octanol–water partition coefficient (Wildman–Crippen LogP) is 1.57. The van der Waals surface area contributed by atoms with Gasteiger partial charge in [-0.05, 0) is 12.1 Å². The van der Waals surface area contributed by atoms with Gasteiger partial charge < -0.3 is 19.9 Å². The number of hydrogen-bond donors (Lipinski definition) is 1. The molecular weight excluding hydrogens is 258 g/mol. The summed E-state index contributed by atoms with van der Waals surface area (Å²) in [6, 6.07) is 9.00. The minimum Gasteiger partial charge on any atom is -0.492 e. The van der Waals surface area contributed by atoms with E-state index in [0.29, 0.717) is 17.5 Å². The van der Waals surface area contributed by atoms with Crippen LogP contribution in [0.3, 0.4) is 0 Å². The minimum absolute atomic E-state index is 0.279. The van der Waals surface area contributed by atoms with Crippen LogP contribution in [0.15, 0.2) is 36.5 Å². The number of hydrogen-bond acceptors (Lipinski definition) is 6. The largest absolute Gasteiger partial charge is 0.492 e. The number of nitrogens with zero attached hydrogens (tertiary/aromatic N) is 2. The zero-order chi connectivity index (χ0) is 14.4. The van der Waals surface area contributed by atoms with Gasteiger partial charge >= 0.3 is 0 Å². The summed E-state index contributed by atoms with van der Waals surface area (Å²) in [6.07, 6.45) is 1.50. The molecular formula is C14H17N3O3. The van der Waals surface area contributed by atoms with Crippen LogP contribution in [0.2, 0.25) is 0 Å². The van der Waals surface area contributed by atoms with Crippen molar-refractivity contribution >= 4 is 0 Å². The van der Waals surface area contributed by atoms with Crippen LogP contribution < -0.4 is 19.9 Å². The molecule has 1 heterocycles. The van der Waals surface area contributed by atoms with Gasteiger partial charge in [0.15, 0.2) is 0 Å². The third-order valence-electron chi connectivity index (χ3n) is 2.67. The van der Waals surface area contributed by atoms with Crippen molar-refractivity contribution in [1.29, 1.82) is 0 Å². The van der Waals surface area contributed by atoms with Crippen molar-refractivity contribution in [2.45, 2.75) is 6.04 Å². The van der Waals surface area contributed by atoms with E-state index in [4.69, 9.17) is 19.9 Å². The van der Waals surface area contributed by atoms with E-state index in [-0.39, 0.29) is 6.61 Å². The van der Waals surface area contributed by atoms with Gasteiger partial charge in [-0.15, -0.1) is 0 Å². The monoisotopic (exact) mass is 275 g/mol. The summed E-state index contributed by atoms with van der Waals surface area (Å²) in [5, 5.41) is 0. The maximum Gasteiger partial charge on any atom is 0.240 e. The quantitative estimate of drug-likeness (QED) is 0.862. The van der Waals surface area contributed by atoms with E-state index in [1.54, 1.807) is 0 Å². The highest BCUT2D eigenvalue weighted by molar-refractivity contribution is 5.26. The Labute approximate surface area is 117 Å². The summed E-state index contributed by atoms with van der Waals surface area (Å²) in [6.45, 7) is 0.279. The van der Waals surface area contributed by atoms with Gasteiger partial charge in [0, 0.05) is 0 Å². The Morgan fingerprint density at radius 2 is 1.90 bits per heavy atom. The maximum atomic E-state index is 6.06. The molecule has 1 atom stereocenters. The molecule has 0 bridgehead atoms. The van der Waals surface area contributed by atoms with Crippen molar-refractivity contribution in [3.8, 4) is 17.5 Å². The lowest BCUT2D eigenvalue weighted by atomic mass is 10.2. The number of methoxy groups -OCH3 is 2. The van der Waals surface area contributed by atoms with Crippen LogP contribution in [0.25, 0.3) is 0 Å². The molecule has 0 aliphatic carbocycles. The van der Waals surface area contributed by atoms with E-state index >= 15 is 0 Å². The first kappa shape index (κ1) is 14.1. The highest BCUT2D eigenvalue weighted by atomic mass is 16.5. The number of nitrogens with two attached hydrogens (primary N) is 1. The first-order valence-corrected chi connectivity index (χ1v) is 6.13. The van der Waals surface area contributed by atoms with Crippen molar-refractivity contribution in [2.24, 2.45) is 5.73 Å². The smallest absolute Gasteiger partial charge is 0.240 e. The van der Waals surface area contributed by atoms with E-state index in [1.165, 1.54) is 20.4 Å². The van der Waals surface area contributed by atoms with Crippen molar-refractivity contribution in [2.75, 3.05) is 20.8 Å². The molecule has 0 radical (unpaired) electrons. The lowest BCUT2D eigenvalue weighted by Gasteiger charge is -2.15. The van der Waals surface area contributed by atoms with E-state index in [0.717, 1.165) is 5.75 Å². The molecule has 20 heavy (non-hydrogen) atoms. The Hall–Kier alpha value is -2.34. The first-order valence-electron chi connectivity index (χ1n) is 6.13. The summed E-state index contributed by atoms with van der Waals surface area (Å²) in [4.78, 5) is 8.36. The molecule has 0 fully saturated rings. The van der Waals surface area contributed by atoms with Gasteiger partial charge in [-0.3, -0.25) is 0 Å². The molecule has 2 aromatic rings. The van der Waals surface area contributed by atoms with Gasteiger partial charge in [-0.25, -0.2) is 4.98 Å². The van der Waals surface area contributed by atoms with Crippen molar-refractivity contribution in [3.63, 3.8) is 0 Å². The predicted molar refractivity (Wildman–Crippen MR) is 74.0 cm³/mol. The number of benzene rings is 1.